The first kappa shape index (κ1) is 39.6. The van der Waals surface area contributed by atoms with E-state index in [1.54, 1.807) is 0 Å². The summed E-state index contributed by atoms with van der Waals surface area (Å²) in [6.07, 6.45) is -1.55. The van der Waals surface area contributed by atoms with Crippen LogP contribution in [0.3, 0.4) is 0 Å². The maximum Gasteiger partial charge on any atom is 0 e. The third kappa shape index (κ3) is 19.8. The molecular formula is C3H11Cl2MgNNa2O12P2Zn2. The third-order valence-electron chi connectivity index (χ3n) is 1.31. The summed E-state index contributed by atoms with van der Waals surface area (Å²) in [5.41, 5.74) is 0. The topological polar surface area (TPSA) is 194 Å². The number of halogens is 2. The molecule has 0 amide bonds. The number of aliphatic hydroxyl groups excluding tert-OH is 2. The Morgan fingerprint density at radius 2 is 1.68 bits per heavy atom. The zero-order valence-corrected chi connectivity index (χ0v) is 21.9. The van der Waals surface area contributed by atoms with Crippen molar-refractivity contribution in [2.24, 2.45) is 0 Å². The summed E-state index contributed by atoms with van der Waals surface area (Å²) in [7, 11) is -0.942. The van der Waals surface area contributed by atoms with Crippen LogP contribution in [-0.2, 0) is 66.3 Å². The van der Waals surface area contributed by atoms with Gasteiger partial charge in [-0.3, -0.25) is 0 Å². The van der Waals surface area contributed by atoms with Gasteiger partial charge in [0.2, 0.25) is 0 Å². The molecule has 0 spiro atoms. The molecular weight excluding hydrogens is 576 g/mol. The molecule has 1 rings (SSSR count). The van der Waals surface area contributed by atoms with Gasteiger partial charge in [0.15, 0.2) is 0 Å². The molecule has 22 heteroatoms. The van der Waals surface area contributed by atoms with E-state index in [2.05, 4.69) is 22.8 Å². The van der Waals surface area contributed by atoms with E-state index < -0.39 is 58.1 Å². The Labute approximate surface area is 228 Å². The summed E-state index contributed by atoms with van der Waals surface area (Å²) >= 11 is -0.639. The Hall–Kier alpha value is 4.13. The van der Waals surface area contributed by atoms with Crippen LogP contribution in [0.4, 0.5) is 0 Å². The van der Waals surface area contributed by atoms with E-state index in [0.717, 1.165) is 0 Å². The molecule has 0 aromatic heterocycles. The third-order valence-corrected chi connectivity index (χ3v) is 4.56. The molecule has 1 saturated heterocycles. The summed E-state index contributed by atoms with van der Waals surface area (Å²) in [5, 5.41) is 25.8. The van der Waals surface area contributed by atoms with Crippen molar-refractivity contribution in [2.75, 3.05) is 13.2 Å². The molecule has 0 aromatic carbocycles. The van der Waals surface area contributed by atoms with Crippen molar-refractivity contribution >= 4 is 111 Å². The second-order valence-corrected chi connectivity index (χ2v) is 9.52. The first-order valence-electron chi connectivity index (χ1n) is 4.61. The van der Waals surface area contributed by atoms with E-state index in [1.165, 1.54) is 0 Å². The van der Waals surface area contributed by atoms with Gasteiger partial charge in [-0.2, -0.15) is 0 Å². The molecule has 132 valence electrons. The Morgan fingerprint density at radius 3 is 1.96 bits per heavy atom. The van der Waals surface area contributed by atoms with Crippen LogP contribution < -0.4 is 0 Å². The second-order valence-electron chi connectivity index (χ2n) is 3.02. The van der Waals surface area contributed by atoms with E-state index in [0.29, 0.717) is 0 Å². The van der Waals surface area contributed by atoms with Crippen LogP contribution in [0.25, 0.3) is 0 Å². The van der Waals surface area contributed by atoms with Crippen molar-refractivity contribution < 1.29 is 91.4 Å². The van der Waals surface area contributed by atoms with Gasteiger partial charge < -0.3 is 18.1 Å². The summed E-state index contributed by atoms with van der Waals surface area (Å²) in [6.45, 7) is -1.72. The van der Waals surface area contributed by atoms with E-state index in [1.807, 2.05) is 0 Å². The smallest absolute Gasteiger partial charge is 0 e. The number of hydrogen-bond donors (Lipinski definition) is 4. The van der Waals surface area contributed by atoms with Crippen molar-refractivity contribution in [1.82, 2.24) is 0 Å². The monoisotopic (exact) mass is 583 g/mol. The minimum Gasteiger partial charge on any atom is 0 e. The van der Waals surface area contributed by atoms with Gasteiger partial charge in [-0.25, -0.2) is 0 Å². The summed E-state index contributed by atoms with van der Waals surface area (Å²) in [6, 6.07) is 0. The van der Waals surface area contributed by atoms with Crippen LogP contribution in [0.1, 0.15) is 0 Å². The largest absolute Gasteiger partial charge is 0 e. The molecule has 2 atom stereocenters. The standard InChI is InChI=1S/C3H9NO12P2.2ClH.Mg.2Na.2Zn.2H/c5-1-3(6)2-12-17(9,13-4(7)8)16-18(10,11)14-15-18;;;;;;;;;/h3,5-6,10-11H,1-2H2;2*1H;;;;;;;/q;;;+2;;;;;;/p-2. The molecule has 0 saturated carbocycles. The van der Waals surface area contributed by atoms with Crippen LogP contribution in [0, 0.1) is 10.1 Å². The van der Waals surface area contributed by atoms with E-state index in [-0.39, 0.29) is 98.1 Å². The van der Waals surface area contributed by atoms with Crippen molar-refractivity contribution in [3.8, 4) is 0 Å². The Bertz CT molecular complexity index is 422. The average molecular weight is 587 g/mol. The van der Waals surface area contributed by atoms with Gasteiger partial charge in [0.05, 0.1) is 0 Å². The van der Waals surface area contributed by atoms with Gasteiger partial charge in [0.1, 0.15) is 0 Å². The number of nitrogens with zero attached hydrogens (tertiary/aromatic N) is 1. The zero-order chi connectivity index (χ0) is 16.8. The van der Waals surface area contributed by atoms with E-state index in [9.17, 15) is 14.7 Å². The van der Waals surface area contributed by atoms with Crippen molar-refractivity contribution in [2.45, 2.75) is 6.10 Å². The summed E-state index contributed by atoms with van der Waals surface area (Å²) in [5.74, 6) is 0. The van der Waals surface area contributed by atoms with Gasteiger partial charge in [-0.1, -0.05) is 0 Å². The van der Waals surface area contributed by atoms with Crippen molar-refractivity contribution in [3.05, 3.63) is 10.1 Å². The van der Waals surface area contributed by atoms with Crippen molar-refractivity contribution in [1.29, 1.82) is 0 Å². The molecule has 1 aliphatic rings. The fourth-order valence-corrected chi connectivity index (χ4v) is 3.42. The molecule has 0 radical (unpaired) electrons. The van der Waals surface area contributed by atoms with Crippen LogP contribution in [-0.4, -0.2) is 122 Å². The molecule has 13 nitrogen and oxygen atoms in total. The number of aliphatic hydroxyl groups is 2. The average Bonchev–Trinajstić information content (AvgIpc) is 2.96. The minimum absolute atomic E-state index is 0. The van der Waals surface area contributed by atoms with Gasteiger partial charge in [0.25, 0.3) is 0 Å². The SMILES string of the molecule is O=[N+]([O-])OP(=O)(OCC(O)CO)OP1(O)(O)OO1.[Cl][Mg][Cl].[NaH].[NaH].[Zn].[Zn]. The molecule has 0 bridgehead atoms. The molecule has 0 aliphatic carbocycles. The van der Waals surface area contributed by atoms with E-state index in [4.69, 9.17) is 38.1 Å². The molecule has 0 aromatic rings. The summed E-state index contributed by atoms with van der Waals surface area (Å²) < 4.78 is 30.4. The Morgan fingerprint density at radius 1 is 1.28 bits per heavy atom. The number of rotatable bonds is 8. The maximum atomic E-state index is 11.6. The fourth-order valence-electron chi connectivity index (χ4n) is 0.615. The van der Waals surface area contributed by atoms with Gasteiger partial charge in [0, 0.05) is 39.0 Å². The molecule has 1 fully saturated rings. The molecule has 4 N–H and O–H groups in total. The predicted molar refractivity (Wildman–Crippen MR) is 81.1 cm³/mol. The number of phosphoric acid groups is 1. The Balaban J connectivity index is -0.000000177. The number of hydrogen-bond acceptors (Lipinski definition) is 12. The normalized spacial score (nSPS) is 20.0. The minimum atomic E-state index is -5.62. The fraction of sp³-hybridized carbons (Fsp3) is 1.00. The molecule has 2 unspecified atom stereocenters. The molecule has 1 aliphatic heterocycles. The second kappa shape index (κ2) is 17.8. The zero-order valence-electron chi connectivity index (χ0n) is 11.3. The van der Waals surface area contributed by atoms with Crippen LogP contribution in [0.2, 0.25) is 0 Å². The predicted octanol–water partition coefficient (Wildman–Crippen LogP) is -1.54. The van der Waals surface area contributed by atoms with Crippen LogP contribution >= 0.6 is 33.7 Å². The van der Waals surface area contributed by atoms with Crippen LogP contribution in [0.15, 0.2) is 0 Å². The van der Waals surface area contributed by atoms with Crippen molar-refractivity contribution in [3.63, 3.8) is 0 Å². The van der Waals surface area contributed by atoms with Gasteiger partial charge in [-0.05, 0) is 0 Å². The van der Waals surface area contributed by atoms with Crippen LogP contribution in [0.5, 0.6) is 0 Å². The first-order chi connectivity index (χ1) is 9.48. The first-order valence-corrected chi connectivity index (χ1v) is 12.2. The molecule has 25 heavy (non-hydrogen) atoms. The molecule has 1 heterocycles. The van der Waals surface area contributed by atoms with Gasteiger partial charge in [-0.15, -0.1) is 0 Å². The van der Waals surface area contributed by atoms with E-state index >= 15 is 0 Å². The maximum absolute atomic E-state index is 11.6. The summed E-state index contributed by atoms with van der Waals surface area (Å²) in [4.78, 5) is 28.1. The Kier molecular flexibility index (Phi) is 28.2. The van der Waals surface area contributed by atoms with Gasteiger partial charge >= 0.3 is 175 Å². The quantitative estimate of drug-likeness (QED) is 0.0640.